The van der Waals surface area contributed by atoms with Crippen molar-refractivity contribution in [2.75, 3.05) is 12.3 Å². The average molecular weight is 360 g/mol. The highest BCUT2D eigenvalue weighted by Gasteiger charge is 2.26. The Labute approximate surface area is 149 Å². The number of hydrogen-bond donors (Lipinski definition) is 4. The lowest BCUT2D eigenvalue weighted by molar-refractivity contribution is 0.0695. The second-order valence-electron chi connectivity index (χ2n) is 6.16. The third kappa shape index (κ3) is 4.02. The van der Waals surface area contributed by atoms with Gasteiger partial charge >= 0.3 is 11.9 Å². The molecular weight excluding hydrogens is 340 g/mol. The van der Waals surface area contributed by atoms with Crippen molar-refractivity contribution in [1.29, 1.82) is 0 Å². The molecule has 0 fully saturated rings. The van der Waals surface area contributed by atoms with Crippen LogP contribution < -0.4 is 16.0 Å². The summed E-state index contributed by atoms with van der Waals surface area (Å²) < 4.78 is 5.63. The molecule has 5 N–H and O–H groups in total. The van der Waals surface area contributed by atoms with E-state index in [0.29, 0.717) is 18.3 Å². The maximum absolute atomic E-state index is 12.0. The molecule has 0 spiro atoms. The molecule has 0 amide bonds. The maximum Gasteiger partial charge on any atom is 0.342 e. The number of H-pyrrole nitrogens is 1. The Morgan fingerprint density at radius 1 is 1.19 bits per heavy atom. The molecule has 8 nitrogen and oxygen atoms in total. The molecule has 0 saturated heterocycles. The summed E-state index contributed by atoms with van der Waals surface area (Å²) in [5, 5.41) is 18.8. The van der Waals surface area contributed by atoms with Gasteiger partial charge in [0.1, 0.15) is 22.7 Å². The van der Waals surface area contributed by atoms with Crippen molar-refractivity contribution in [3.05, 3.63) is 45.7 Å². The summed E-state index contributed by atoms with van der Waals surface area (Å²) in [5.41, 5.74) is 3.47. The van der Waals surface area contributed by atoms with Gasteiger partial charge in [0.15, 0.2) is 0 Å². The van der Waals surface area contributed by atoms with Crippen LogP contribution in [0.2, 0.25) is 0 Å². The number of aromatic carboxylic acids is 2. The van der Waals surface area contributed by atoms with Gasteiger partial charge in [0.05, 0.1) is 6.61 Å². The van der Waals surface area contributed by atoms with E-state index in [2.05, 4.69) is 18.8 Å². The SMILES string of the molecule is CC(C)CCOc1cccc(-c2c(C(=O)O)c(N)[nH]c(=O)c2C(=O)O)c1. The van der Waals surface area contributed by atoms with E-state index < -0.39 is 34.4 Å². The predicted molar refractivity (Wildman–Crippen MR) is 95.8 cm³/mol. The Hall–Kier alpha value is -3.29. The smallest absolute Gasteiger partial charge is 0.342 e. The van der Waals surface area contributed by atoms with Crippen molar-refractivity contribution in [2.45, 2.75) is 20.3 Å². The van der Waals surface area contributed by atoms with Crippen molar-refractivity contribution >= 4 is 17.8 Å². The minimum Gasteiger partial charge on any atom is -0.494 e. The molecule has 1 aromatic carbocycles. The molecule has 0 aliphatic rings. The Bertz CT molecular complexity index is 901. The number of benzene rings is 1. The van der Waals surface area contributed by atoms with E-state index in [0.717, 1.165) is 6.42 Å². The van der Waals surface area contributed by atoms with Gasteiger partial charge in [0, 0.05) is 5.56 Å². The first-order chi connectivity index (χ1) is 12.2. The fourth-order valence-corrected chi connectivity index (χ4v) is 2.49. The molecule has 0 bridgehead atoms. The maximum atomic E-state index is 12.0. The standard InChI is InChI=1S/C18H20N2O6/c1-9(2)6-7-26-11-5-3-4-10(8-11)12-13(17(22)23)15(19)20-16(21)14(12)18(24)25/h3-5,8-9H,6-7H2,1-2H3,(H,22,23)(H,24,25)(H3,19,20,21). The summed E-state index contributed by atoms with van der Waals surface area (Å²) in [4.78, 5) is 37.3. The minimum absolute atomic E-state index is 0.222. The number of nitrogens with one attached hydrogen (secondary N) is 1. The van der Waals surface area contributed by atoms with Crippen molar-refractivity contribution in [2.24, 2.45) is 5.92 Å². The normalized spacial score (nSPS) is 10.7. The van der Waals surface area contributed by atoms with Crippen LogP contribution >= 0.6 is 0 Å². The van der Waals surface area contributed by atoms with E-state index in [-0.39, 0.29) is 11.1 Å². The number of hydrogen-bond acceptors (Lipinski definition) is 5. The molecule has 26 heavy (non-hydrogen) atoms. The molecule has 0 aliphatic heterocycles. The first-order valence-electron chi connectivity index (χ1n) is 7.98. The molecule has 0 aliphatic carbocycles. The highest BCUT2D eigenvalue weighted by Crippen LogP contribution is 2.31. The molecule has 0 radical (unpaired) electrons. The minimum atomic E-state index is -1.55. The fraction of sp³-hybridized carbons (Fsp3) is 0.278. The van der Waals surface area contributed by atoms with Crippen LogP contribution in [0.25, 0.3) is 11.1 Å². The molecule has 138 valence electrons. The van der Waals surface area contributed by atoms with Crippen molar-refractivity contribution in [3.8, 4) is 16.9 Å². The molecule has 8 heteroatoms. The zero-order valence-electron chi connectivity index (χ0n) is 14.4. The van der Waals surface area contributed by atoms with Crippen LogP contribution in [-0.2, 0) is 0 Å². The Balaban J connectivity index is 2.62. The zero-order chi connectivity index (χ0) is 19.4. The Morgan fingerprint density at radius 3 is 2.42 bits per heavy atom. The van der Waals surface area contributed by atoms with E-state index in [1.807, 2.05) is 0 Å². The van der Waals surface area contributed by atoms with Gasteiger partial charge in [-0.3, -0.25) is 4.79 Å². The van der Waals surface area contributed by atoms with Gasteiger partial charge in [-0.2, -0.15) is 0 Å². The lowest BCUT2D eigenvalue weighted by atomic mass is 9.95. The van der Waals surface area contributed by atoms with Gasteiger partial charge in [-0.1, -0.05) is 26.0 Å². The first-order valence-corrected chi connectivity index (χ1v) is 7.98. The summed E-state index contributed by atoms with van der Waals surface area (Å²) in [5.74, 6) is -2.51. The van der Waals surface area contributed by atoms with E-state index in [4.69, 9.17) is 10.5 Å². The number of nitrogens with two attached hydrogens (primary N) is 1. The number of carboxylic acids is 2. The third-order valence-corrected chi connectivity index (χ3v) is 3.76. The summed E-state index contributed by atoms with van der Waals surface area (Å²) in [6, 6.07) is 6.26. The Morgan fingerprint density at radius 2 is 1.85 bits per heavy atom. The van der Waals surface area contributed by atoms with E-state index in [9.17, 15) is 24.6 Å². The molecular formula is C18H20N2O6. The number of anilines is 1. The summed E-state index contributed by atoms with van der Waals surface area (Å²) in [7, 11) is 0. The third-order valence-electron chi connectivity index (χ3n) is 3.76. The fourth-order valence-electron chi connectivity index (χ4n) is 2.49. The second kappa shape index (κ2) is 7.73. The van der Waals surface area contributed by atoms with Crippen LogP contribution in [0.4, 0.5) is 5.82 Å². The van der Waals surface area contributed by atoms with Crippen molar-refractivity contribution in [3.63, 3.8) is 0 Å². The van der Waals surface area contributed by atoms with Crippen LogP contribution in [0.3, 0.4) is 0 Å². The molecule has 2 rings (SSSR count). The number of ether oxygens (including phenoxy) is 1. The quantitative estimate of drug-likeness (QED) is 0.594. The van der Waals surface area contributed by atoms with Crippen LogP contribution in [0, 0.1) is 5.92 Å². The monoisotopic (exact) mass is 360 g/mol. The molecule has 0 unspecified atom stereocenters. The summed E-state index contributed by atoms with van der Waals surface area (Å²) in [6.07, 6.45) is 0.822. The van der Waals surface area contributed by atoms with Gasteiger partial charge in [-0.25, -0.2) is 9.59 Å². The van der Waals surface area contributed by atoms with Crippen LogP contribution in [-0.4, -0.2) is 33.7 Å². The van der Waals surface area contributed by atoms with E-state index in [1.165, 1.54) is 12.1 Å². The topological polar surface area (TPSA) is 143 Å². The van der Waals surface area contributed by atoms with Gasteiger partial charge in [0.25, 0.3) is 5.56 Å². The van der Waals surface area contributed by atoms with Crippen LogP contribution in [0.15, 0.2) is 29.1 Å². The average Bonchev–Trinajstić information content (AvgIpc) is 2.53. The van der Waals surface area contributed by atoms with Crippen LogP contribution in [0.1, 0.15) is 41.0 Å². The van der Waals surface area contributed by atoms with Gasteiger partial charge in [0.2, 0.25) is 0 Å². The molecule has 1 heterocycles. The number of carboxylic acid groups (broad SMARTS) is 2. The number of nitrogen functional groups attached to an aromatic ring is 1. The zero-order valence-corrected chi connectivity index (χ0v) is 14.4. The first kappa shape index (κ1) is 19.0. The largest absolute Gasteiger partial charge is 0.494 e. The number of rotatable bonds is 7. The molecule has 1 aromatic heterocycles. The van der Waals surface area contributed by atoms with Crippen LogP contribution in [0.5, 0.6) is 5.75 Å². The second-order valence-corrected chi connectivity index (χ2v) is 6.16. The summed E-state index contributed by atoms with van der Waals surface area (Å²) in [6.45, 7) is 4.56. The van der Waals surface area contributed by atoms with E-state index >= 15 is 0 Å². The highest BCUT2D eigenvalue weighted by molar-refractivity contribution is 6.07. The lowest BCUT2D eigenvalue weighted by Crippen LogP contribution is -2.24. The molecule has 0 saturated carbocycles. The van der Waals surface area contributed by atoms with Crippen molar-refractivity contribution in [1.82, 2.24) is 4.98 Å². The van der Waals surface area contributed by atoms with Crippen molar-refractivity contribution < 1.29 is 24.5 Å². The van der Waals surface area contributed by atoms with Gasteiger partial charge < -0.3 is 25.7 Å². The number of aromatic amines is 1. The molecule has 0 atom stereocenters. The molecule has 2 aromatic rings. The predicted octanol–water partition coefficient (Wildman–Crippen LogP) is 2.45. The Kier molecular flexibility index (Phi) is 5.66. The van der Waals surface area contributed by atoms with Gasteiger partial charge in [-0.15, -0.1) is 0 Å². The lowest BCUT2D eigenvalue weighted by Gasteiger charge is -2.14. The van der Waals surface area contributed by atoms with Gasteiger partial charge in [-0.05, 0) is 30.0 Å². The number of aromatic nitrogens is 1. The number of pyridine rings is 1. The summed E-state index contributed by atoms with van der Waals surface area (Å²) >= 11 is 0. The van der Waals surface area contributed by atoms with E-state index in [1.54, 1.807) is 12.1 Å². The number of carbonyl (C=O) groups is 2. The highest BCUT2D eigenvalue weighted by atomic mass is 16.5.